The smallest absolute Gasteiger partial charge is 0.178 e. The van der Waals surface area contributed by atoms with Crippen LogP contribution in [0.4, 0.5) is 5.69 Å². The van der Waals surface area contributed by atoms with E-state index in [0.29, 0.717) is 6.54 Å². The van der Waals surface area contributed by atoms with Crippen LogP contribution in [0.1, 0.15) is 10.4 Å². The molecule has 0 aliphatic carbocycles. The van der Waals surface area contributed by atoms with E-state index < -0.39 is 0 Å². The SMILES string of the molecule is COc1ccc(N2CCN(CC(=O)c3cn(C)c4ccccc34)CC2)cc1. The Morgan fingerprint density at radius 3 is 2.41 bits per heavy atom. The van der Waals surface area contributed by atoms with Gasteiger partial charge in [-0.1, -0.05) is 18.2 Å². The molecule has 5 nitrogen and oxygen atoms in total. The fourth-order valence-electron chi connectivity index (χ4n) is 3.81. The summed E-state index contributed by atoms with van der Waals surface area (Å²) in [6.07, 6.45) is 1.96. The minimum Gasteiger partial charge on any atom is -0.497 e. The first-order valence-corrected chi connectivity index (χ1v) is 9.34. The summed E-state index contributed by atoms with van der Waals surface area (Å²) in [5.74, 6) is 1.07. The maximum absolute atomic E-state index is 12.9. The van der Waals surface area contributed by atoms with Crippen molar-refractivity contribution >= 4 is 22.4 Å². The Labute approximate surface area is 159 Å². The number of fused-ring (bicyclic) bond motifs is 1. The lowest BCUT2D eigenvalue weighted by molar-refractivity contribution is 0.0928. The summed E-state index contributed by atoms with van der Waals surface area (Å²) < 4.78 is 7.26. The third-order valence-electron chi connectivity index (χ3n) is 5.37. The minimum atomic E-state index is 0.199. The third-order valence-corrected chi connectivity index (χ3v) is 5.37. The number of benzene rings is 2. The second-order valence-corrected chi connectivity index (χ2v) is 7.06. The van der Waals surface area contributed by atoms with Gasteiger partial charge in [0.1, 0.15) is 5.75 Å². The van der Waals surface area contributed by atoms with E-state index >= 15 is 0 Å². The van der Waals surface area contributed by atoms with Gasteiger partial charge in [0.05, 0.1) is 13.7 Å². The Kier molecular flexibility index (Phi) is 4.86. The van der Waals surface area contributed by atoms with Crippen LogP contribution in [0.25, 0.3) is 10.9 Å². The van der Waals surface area contributed by atoms with Crippen molar-refractivity contribution in [3.8, 4) is 5.75 Å². The van der Waals surface area contributed by atoms with Crippen molar-refractivity contribution < 1.29 is 9.53 Å². The van der Waals surface area contributed by atoms with E-state index in [0.717, 1.165) is 48.4 Å². The molecule has 0 spiro atoms. The van der Waals surface area contributed by atoms with Crippen LogP contribution in [-0.2, 0) is 7.05 Å². The number of methoxy groups -OCH3 is 1. The van der Waals surface area contributed by atoms with Crippen LogP contribution >= 0.6 is 0 Å². The number of hydrogen-bond acceptors (Lipinski definition) is 4. The maximum Gasteiger partial charge on any atom is 0.178 e. The molecule has 0 unspecified atom stereocenters. The number of carbonyl (C=O) groups excluding carboxylic acids is 1. The molecule has 0 bridgehead atoms. The summed E-state index contributed by atoms with van der Waals surface area (Å²) in [6, 6.07) is 16.3. The quantitative estimate of drug-likeness (QED) is 0.653. The summed E-state index contributed by atoms with van der Waals surface area (Å²) in [6.45, 7) is 4.11. The maximum atomic E-state index is 12.9. The normalized spacial score (nSPS) is 15.3. The molecule has 0 radical (unpaired) electrons. The first-order valence-electron chi connectivity index (χ1n) is 9.34. The van der Waals surface area contributed by atoms with Gasteiger partial charge in [-0.2, -0.15) is 0 Å². The molecule has 27 heavy (non-hydrogen) atoms. The van der Waals surface area contributed by atoms with E-state index in [1.807, 2.05) is 48.1 Å². The average molecular weight is 363 g/mol. The number of nitrogens with zero attached hydrogens (tertiary/aromatic N) is 3. The molecule has 0 N–H and O–H groups in total. The van der Waals surface area contributed by atoms with Gasteiger partial charge < -0.3 is 14.2 Å². The number of aryl methyl sites for hydroxylation is 1. The summed E-state index contributed by atoms with van der Waals surface area (Å²) in [4.78, 5) is 17.5. The van der Waals surface area contributed by atoms with Crippen LogP contribution in [0.2, 0.25) is 0 Å². The molecular formula is C22H25N3O2. The van der Waals surface area contributed by atoms with E-state index in [4.69, 9.17) is 4.74 Å². The van der Waals surface area contributed by atoms with Crippen molar-refractivity contribution in [3.05, 3.63) is 60.3 Å². The van der Waals surface area contributed by atoms with E-state index in [1.54, 1.807) is 7.11 Å². The number of ether oxygens (including phenoxy) is 1. The highest BCUT2D eigenvalue weighted by Crippen LogP contribution is 2.23. The van der Waals surface area contributed by atoms with Crippen LogP contribution in [0.5, 0.6) is 5.75 Å². The number of piperazine rings is 1. The van der Waals surface area contributed by atoms with Gasteiger partial charge in [-0.25, -0.2) is 0 Å². The summed E-state index contributed by atoms with van der Waals surface area (Å²) in [5, 5.41) is 1.04. The largest absolute Gasteiger partial charge is 0.497 e. The van der Waals surface area contributed by atoms with Crippen molar-refractivity contribution in [1.29, 1.82) is 0 Å². The molecular weight excluding hydrogens is 338 g/mol. The monoisotopic (exact) mass is 363 g/mol. The fourth-order valence-corrected chi connectivity index (χ4v) is 3.81. The zero-order valence-electron chi connectivity index (χ0n) is 15.9. The fraction of sp³-hybridized carbons (Fsp3) is 0.318. The highest BCUT2D eigenvalue weighted by atomic mass is 16.5. The zero-order chi connectivity index (χ0) is 18.8. The van der Waals surface area contributed by atoms with Gasteiger partial charge in [0, 0.05) is 61.6 Å². The Balaban J connectivity index is 1.39. The molecule has 2 heterocycles. The number of para-hydroxylation sites is 1. The van der Waals surface area contributed by atoms with E-state index in [1.165, 1.54) is 5.69 Å². The molecule has 2 aromatic carbocycles. The van der Waals surface area contributed by atoms with E-state index in [2.05, 4.69) is 28.0 Å². The van der Waals surface area contributed by atoms with Gasteiger partial charge in [0.15, 0.2) is 5.78 Å². The average Bonchev–Trinajstić information content (AvgIpc) is 3.06. The van der Waals surface area contributed by atoms with Crippen LogP contribution in [-0.4, -0.2) is 55.1 Å². The van der Waals surface area contributed by atoms with E-state index in [-0.39, 0.29) is 5.78 Å². The highest BCUT2D eigenvalue weighted by Gasteiger charge is 2.21. The lowest BCUT2D eigenvalue weighted by Crippen LogP contribution is -2.48. The molecule has 4 rings (SSSR count). The van der Waals surface area contributed by atoms with Gasteiger partial charge in [0.25, 0.3) is 0 Å². The second-order valence-electron chi connectivity index (χ2n) is 7.06. The summed E-state index contributed by atoms with van der Waals surface area (Å²) >= 11 is 0. The van der Waals surface area contributed by atoms with Crippen molar-refractivity contribution in [2.75, 3.05) is 44.7 Å². The predicted molar refractivity (Wildman–Crippen MR) is 109 cm³/mol. The van der Waals surface area contributed by atoms with Gasteiger partial charge >= 0.3 is 0 Å². The molecule has 1 saturated heterocycles. The molecule has 1 aliphatic rings. The molecule has 0 saturated carbocycles. The summed E-state index contributed by atoms with van der Waals surface area (Å²) in [7, 11) is 3.67. The number of hydrogen-bond donors (Lipinski definition) is 0. The number of ketones is 1. The van der Waals surface area contributed by atoms with Crippen molar-refractivity contribution in [2.45, 2.75) is 0 Å². The lowest BCUT2D eigenvalue weighted by atomic mass is 10.1. The van der Waals surface area contributed by atoms with Crippen LogP contribution < -0.4 is 9.64 Å². The highest BCUT2D eigenvalue weighted by molar-refractivity contribution is 6.09. The third kappa shape index (κ3) is 3.55. The zero-order valence-corrected chi connectivity index (χ0v) is 15.9. The molecule has 1 aliphatic heterocycles. The van der Waals surface area contributed by atoms with Gasteiger partial charge in [-0.15, -0.1) is 0 Å². The van der Waals surface area contributed by atoms with Crippen molar-refractivity contribution in [3.63, 3.8) is 0 Å². The van der Waals surface area contributed by atoms with Gasteiger partial charge in [-0.3, -0.25) is 9.69 Å². The topological polar surface area (TPSA) is 37.7 Å². The first kappa shape index (κ1) is 17.6. The van der Waals surface area contributed by atoms with Crippen molar-refractivity contribution in [2.24, 2.45) is 7.05 Å². The number of carbonyl (C=O) groups is 1. The van der Waals surface area contributed by atoms with E-state index in [9.17, 15) is 4.79 Å². The van der Waals surface area contributed by atoms with Crippen LogP contribution in [0.15, 0.2) is 54.7 Å². The number of rotatable bonds is 5. The molecule has 3 aromatic rings. The molecule has 1 aromatic heterocycles. The Hall–Kier alpha value is -2.79. The number of anilines is 1. The number of aromatic nitrogens is 1. The molecule has 1 fully saturated rings. The number of Topliss-reactive ketones (excluding diaryl/α,β-unsaturated/α-hetero) is 1. The standard InChI is InChI=1S/C22H25N3O2/c1-23-15-20(19-5-3-4-6-21(19)23)22(26)16-24-11-13-25(14-12-24)17-7-9-18(27-2)10-8-17/h3-10,15H,11-14,16H2,1-2H3. The van der Waals surface area contributed by atoms with Crippen LogP contribution in [0.3, 0.4) is 0 Å². The van der Waals surface area contributed by atoms with Crippen LogP contribution in [0, 0.1) is 0 Å². The lowest BCUT2D eigenvalue weighted by Gasteiger charge is -2.35. The Bertz CT molecular complexity index is 938. The Morgan fingerprint density at radius 1 is 1.00 bits per heavy atom. The predicted octanol–water partition coefficient (Wildman–Crippen LogP) is 3.19. The second kappa shape index (κ2) is 7.45. The molecule has 0 atom stereocenters. The summed E-state index contributed by atoms with van der Waals surface area (Å²) in [5.41, 5.74) is 3.13. The van der Waals surface area contributed by atoms with Crippen molar-refractivity contribution in [1.82, 2.24) is 9.47 Å². The van der Waals surface area contributed by atoms with Gasteiger partial charge in [0.2, 0.25) is 0 Å². The molecule has 5 heteroatoms. The molecule has 0 amide bonds. The molecule has 140 valence electrons. The van der Waals surface area contributed by atoms with Gasteiger partial charge in [-0.05, 0) is 30.3 Å². The minimum absolute atomic E-state index is 0.199. The first-order chi connectivity index (χ1) is 13.2. The Morgan fingerprint density at radius 2 is 1.70 bits per heavy atom.